The van der Waals surface area contributed by atoms with Gasteiger partial charge in [0.15, 0.2) is 0 Å². The fraction of sp³-hybridized carbons (Fsp3) is 0.333. The lowest BCUT2D eigenvalue weighted by Crippen LogP contribution is -2.19. The Labute approximate surface area is 53.7 Å². The zero-order chi connectivity index (χ0) is 7.28. The van der Waals surface area contributed by atoms with Crippen molar-refractivity contribution in [1.29, 1.82) is 0 Å². The van der Waals surface area contributed by atoms with Crippen molar-refractivity contribution < 1.29 is 9.59 Å². The largest absolute Gasteiger partial charge is 0.355 e. The molecule has 0 fully saturated rings. The summed E-state index contributed by atoms with van der Waals surface area (Å²) in [6.07, 6.45) is 0.761. The average molecular weight is 127 g/mol. The Bertz CT molecular complexity index is 140. The van der Waals surface area contributed by atoms with E-state index in [-0.39, 0.29) is 12.3 Å². The highest BCUT2D eigenvalue weighted by Gasteiger charge is 2.00. The van der Waals surface area contributed by atoms with Crippen LogP contribution in [0.15, 0.2) is 12.2 Å². The van der Waals surface area contributed by atoms with E-state index in [1.54, 1.807) is 0 Å². The summed E-state index contributed by atoms with van der Waals surface area (Å²) in [5.74, 6) is -0.276. The Kier molecular flexibility index (Phi) is 3.35. The molecule has 0 unspecified atom stereocenters. The Balaban J connectivity index is 3.73. The molecule has 0 saturated carbocycles. The maximum atomic E-state index is 10.5. The molecule has 1 amide bonds. The molecule has 0 bridgehead atoms. The number of likely N-dealkylation sites (N-methyl/N-ethyl adjacent to an activating group) is 1. The van der Waals surface area contributed by atoms with E-state index in [4.69, 9.17) is 0 Å². The highest BCUT2D eigenvalue weighted by atomic mass is 16.1. The first-order chi connectivity index (χ1) is 4.22. The number of hydrogen-bond acceptors (Lipinski definition) is 2. The zero-order valence-electron chi connectivity index (χ0n) is 5.31. The van der Waals surface area contributed by atoms with Gasteiger partial charge in [-0.2, -0.15) is 0 Å². The van der Waals surface area contributed by atoms with Crippen molar-refractivity contribution in [3.05, 3.63) is 12.2 Å². The molecule has 0 aromatic rings. The predicted molar refractivity (Wildman–Crippen MR) is 33.9 cm³/mol. The number of carbonyl (C=O) groups is 2. The molecule has 0 aromatic carbocycles. The van der Waals surface area contributed by atoms with Crippen LogP contribution in [0.1, 0.15) is 6.42 Å². The quantitative estimate of drug-likeness (QED) is 0.424. The first-order valence-corrected chi connectivity index (χ1v) is 2.56. The zero-order valence-corrected chi connectivity index (χ0v) is 5.31. The van der Waals surface area contributed by atoms with Gasteiger partial charge in [-0.05, 0) is 0 Å². The maximum absolute atomic E-state index is 10.5. The van der Waals surface area contributed by atoms with Crippen LogP contribution in [0.2, 0.25) is 0 Å². The van der Waals surface area contributed by atoms with Crippen LogP contribution in [0.3, 0.4) is 0 Å². The average Bonchev–Trinajstić information content (AvgIpc) is 1.87. The van der Waals surface area contributed by atoms with Gasteiger partial charge in [0.2, 0.25) is 5.91 Å². The van der Waals surface area contributed by atoms with Crippen LogP contribution >= 0.6 is 0 Å². The molecule has 0 rings (SSSR count). The van der Waals surface area contributed by atoms with Crippen molar-refractivity contribution in [2.24, 2.45) is 0 Å². The summed E-state index contributed by atoms with van der Waals surface area (Å²) in [5.41, 5.74) is 0.299. The first-order valence-electron chi connectivity index (χ1n) is 2.56. The summed E-state index contributed by atoms with van der Waals surface area (Å²) < 4.78 is 0. The number of nitrogens with one attached hydrogen (secondary N) is 1. The monoisotopic (exact) mass is 127 g/mol. The molecule has 9 heavy (non-hydrogen) atoms. The van der Waals surface area contributed by atoms with Crippen molar-refractivity contribution in [3.63, 3.8) is 0 Å². The third-order valence-electron chi connectivity index (χ3n) is 0.878. The molecular formula is C6H9NO2. The molecule has 0 aliphatic rings. The van der Waals surface area contributed by atoms with Gasteiger partial charge < -0.3 is 10.1 Å². The Hall–Kier alpha value is -1.12. The van der Waals surface area contributed by atoms with Crippen LogP contribution in [-0.4, -0.2) is 19.2 Å². The van der Waals surface area contributed by atoms with E-state index in [1.807, 2.05) is 0 Å². The van der Waals surface area contributed by atoms with Crippen LogP contribution in [0.4, 0.5) is 0 Å². The van der Waals surface area contributed by atoms with Gasteiger partial charge in [-0.3, -0.25) is 4.79 Å². The van der Waals surface area contributed by atoms with Crippen LogP contribution in [0.25, 0.3) is 0 Å². The minimum Gasteiger partial charge on any atom is -0.355 e. The lowest BCUT2D eigenvalue weighted by atomic mass is 10.2. The lowest BCUT2D eigenvalue weighted by molar-refractivity contribution is -0.118. The van der Waals surface area contributed by atoms with Crippen LogP contribution in [-0.2, 0) is 9.59 Å². The minimum absolute atomic E-state index is 0.111. The second-order valence-electron chi connectivity index (χ2n) is 1.55. The molecule has 0 spiro atoms. The summed E-state index contributed by atoms with van der Waals surface area (Å²) in [5, 5.41) is 2.35. The van der Waals surface area contributed by atoms with Crippen molar-refractivity contribution in [1.82, 2.24) is 5.32 Å². The van der Waals surface area contributed by atoms with E-state index in [9.17, 15) is 9.59 Å². The second kappa shape index (κ2) is 3.83. The van der Waals surface area contributed by atoms with Gasteiger partial charge in [0, 0.05) is 19.0 Å². The van der Waals surface area contributed by atoms with E-state index in [1.165, 1.54) is 7.05 Å². The lowest BCUT2D eigenvalue weighted by Gasteiger charge is -1.96. The molecule has 3 heteroatoms. The summed E-state index contributed by atoms with van der Waals surface area (Å²) in [6, 6.07) is 0. The topological polar surface area (TPSA) is 46.2 Å². The Morgan fingerprint density at radius 3 is 2.67 bits per heavy atom. The summed E-state index contributed by atoms with van der Waals surface area (Å²) >= 11 is 0. The molecule has 3 nitrogen and oxygen atoms in total. The number of amides is 1. The highest BCUT2D eigenvalue weighted by Crippen LogP contribution is 1.92. The van der Waals surface area contributed by atoms with Crippen LogP contribution < -0.4 is 5.32 Å². The Morgan fingerprint density at radius 2 is 2.33 bits per heavy atom. The number of rotatable bonds is 3. The van der Waals surface area contributed by atoms with Gasteiger partial charge in [0.1, 0.15) is 6.29 Å². The van der Waals surface area contributed by atoms with Crippen molar-refractivity contribution in [2.45, 2.75) is 6.42 Å². The fourth-order valence-electron chi connectivity index (χ4n) is 0.370. The summed E-state index contributed by atoms with van der Waals surface area (Å²) in [7, 11) is 1.50. The smallest absolute Gasteiger partial charge is 0.246 e. The van der Waals surface area contributed by atoms with E-state index in [0.29, 0.717) is 11.9 Å². The standard InChI is InChI=1S/C6H9NO2/c1-5(3-4-8)6(9)7-2/h4H,1,3H2,2H3,(H,7,9). The van der Waals surface area contributed by atoms with Crippen LogP contribution in [0.5, 0.6) is 0 Å². The summed E-state index contributed by atoms with van der Waals surface area (Å²) in [6.45, 7) is 3.37. The van der Waals surface area contributed by atoms with Crippen molar-refractivity contribution in [2.75, 3.05) is 7.05 Å². The number of aldehydes is 1. The van der Waals surface area contributed by atoms with E-state index < -0.39 is 0 Å². The SMILES string of the molecule is C=C(CC=O)C(=O)NC. The first kappa shape index (κ1) is 7.88. The fourth-order valence-corrected chi connectivity index (χ4v) is 0.370. The van der Waals surface area contributed by atoms with E-state index in [2.05, 4.69) is 11.9 Å². The van der Waals surface area contributed by atoms with Crippen LogP contribution in [0, 0.1) is 0 Å². The molecule has 1 N–H and O–H groups in total. The van der Waals surface area contributed by atoms with Crippen molar-refractivity contribution in [3.8, 4) is 0 Å². The van der Waals surface area contributed by atoms with Gasteiger partial charge in [0.05, 0.1) is 0 Å². The van der Waals surface area contributed by atoms with E-state index in [0.717, 1.165) is 0 Å². The molecule has 50 valence electrons. The molecule has 0 aliphatic heterocycles. The predicted octanol–water partition coefficient (Wildman–Crippen LogP) is -0.122. The molecule has 0 saturated heterocycles. The molecule has 0 aliphatic carbocycles. The highest BCUT2D eigenvalue weighted by molar-refractivity contribution is 5.94. The third-order valence-corrected chi connectivity index (χ3v) is 0.878. The molecule has 0 radical (unpaired) electrons. The van der Waals surface area contributed by atoms with Gasteiger partial charge in [0.25, 0.3) is 0 Å². The number of hydrogen-bond donors (Lipinski definition) is 1. The van der Waals surface area contributed by atoms with Gasteiger partial charge in [-0.25, -0.2) is 0 Å². The van der Waals surface area contributed by atoms with Gasteiger partial charge in [-0.1, -0.05) is 6.58 Å². The normalized spacial score (nSPS) is 8.11. The van der Waals surface area contributed by atoms with Crippen molar-refractivity contribution >= 4 is 12.2 Å². The summed E-state index contributed by atoms with van der Waals surface area (Å²) in [4.78, 5) is 20.3. The van der Waals surface area contributed by atoms with Gasteiger partial charge >= 0.3 is 0 Å². The molecule has 0 aromatic heterocycles. The maximum Gasteiger partial charge on any atom is 0.246 e. The molecule has 0 atom stereocenters. The second-order valence-corrected chi connectivity index (χ2v) is 1.55. The Morgan fingerprint density at radius 1 is 1.78 bits per heavy atom. The number of carbonyl (C=O) groups excluding carboxylic acids is 2. The van der Waals surface area contributed by atoms with E-state index >= 15 is 0 Å². The molecule has 0 heterocycles. The molecular weight excluding hydrogens is 118 g/mol. The minimum atomic E-state index is -0.276. The third kappa shape index (κ3) is 2.64. The van der Waals surface area contributed by atoms with Gasteiger partial charge in [-0.15, -0.1) is 0 Å².